The zero-order valence-corrected chi connectivity index (χ0v) is 15.0. The van der Waals surface area contributed by atoms with Crippen LogP contribution < -0.4 is 10.5 Å². The Bertz CT molecular complexity index is 741. The number of carbonyl (C=O) groups excluding carboxylic acids is 1. The number of methoxy groups -OCH3 is 1. The number of hydrogen-bond acceptors (Lipinski definition) is 5. The van der Waals surface area contributed by atoms with E-state index in [1.54, 1.807) is 19.3 Å². The van der Waals surface area contributed by atoms with Crippen LogP contribution in [0.2, 0.25) is 0 Å². The van der Waals surface area contributed by atoms with Gasteiger partial charge in [-0.1, -0.05) is 0 Å². The molecule has 0 aromatic heterocycles. The highest BCUT2D eigenvalue weighted by molar-refractivity contribution is 6.49. The Morgan fingerprint density at radius 1 is 1.21 bits per heavy atom. The van der Waals surface area contributed by atoms with E-state index in [1.807, 2.05) is 26.0 Å². The van der Waals surface area contributed by atoms with Gasteiger partial charge in [0, 0.05) is 36.1 Å². The molecule has 1 aliphatic carbocycles. The second-order valence-corrected chi connectivity index (χ2v) is 5.72. The number of hydrogen-bond donors (Lipinski definition) is 1. The zero-order valence-electron chi connectivity index (χ0n) is 15.0. The van der Waals surface area contributed by atoms with Gasteiger partial charge in [0.2, 0.25) is 5.78 Å². The lowest BCUT2D eigenvalue weighted by Crippen LogP contribution is -2.25. The van der Waals surface area contributed by atoms with Crippen molar-refractivity contribution in [2.75, 3.05) is 25.9 Å². The molecular formula is C19H25N3O2. The Morgan fingerprint density at radius 2 is 1.88 bits per heavy atom. The van der Waals surface area contributed by atoms with Crippen LogP contribution in [-0.4, -0.2) is 36.6 Å². The van der Waals surface area contributed by atoms with E-state index in [9.17, 15) is 4.79 Å². The summed E-state index contributed by atoms with van der Waals surface area (Å²) in [6.07, 6.45) is 5.32. The van der Waals surface area contributed by atoms with Gasteiger partial charge < -0.3 is 15.4 Å². The molecule has 2 N–H and O–H groups in total. The van der Waals surface area contributed by atoms with Crippen LogP contribution in [0.1, 0.15) is 25.0 Å². The molecule has 0 saturated heterocycles. The molecule has 0 atom stereocenters. The fourth-order valence-corrected chi connectivity index (χ4v) is 2.81. The number of nitrogens with two attached hydrogens (primary N) is 1. The van der Waals surface area contributed by atoms with Gasteiger partial charge in [0.15, 0.2) is 0 Å². The number of carbonyl (C=O) groups is 1. The molecule has 0 spiro atoms. The maximum atomic E-state index is 12.4. The number of aryl methyl sites for hydroxylation is 1. The van der Waals surface area contributed by atoms with Gasteiger partial charge in [0.05, 0.1) is 7.11 Å². The van der Waals surface area contributed by atoms with Crippen LogP contribution in [0.3, 0.4) is 0 Å². The minimum atomic E-state index is -0.103. The Kier molecular flexibility index (Phi) is 5.44. The standard InChI is InChI=1S/C19H25N3O2/c1-6-22(7-2)14-8-9-15(17(23)11-14)21-16-10-12(3)18(20)13(4)19(16)24-5/h8-11H,6-7,20H2,1-5H3. The third-order valence-corrected chi connectivity index (χ3v) is 4.27. The first-order valence-electron chi connectivity index (χ1n) is 8.14. The molecule has 1 aliphatic rings. The lowest BCUT2D eigenvalue weighted by Gasteiger charge is -2.23. The molecule has 1 aromatic rings. The molecule has 0 heterocycles. The molecule has 5 nitrogen and oxygen atoms in total. The third kappa shape index (κ3) is 3.35. The van der Waals surface area contributed by atoms with E-state index in [0.717, 1.165) is 29.9 Å². The van der Waals surface area contributed by atoms with Gasteiger partial charge in [-0.2, -0.15) is 0 Å². The fraction of sp³-hybridized carbons (Fsp3) is 0.368. The fourth-order valence-electron chi connectivity index (χ4n) is 2.81. The van der Waals surface area contributed by atoms with E-state index in [2.05, 4.69) is 23.7 Å². The highest BCUT2D eigenvalue weighted by Gasteiger charge is 2.17. The number of nitrogens with zero attached hydrogens (tertiary/aromatic N) is 2. The summed E-state index contributed by atoms with van der Waals surface area (Å²) >= 11 is 0. The van der Waals surface area contributed by atoms with Gasteiger partial charge >= 0.3 is 0 Å². The van der Waals surface area contributed by atoms with Crippen molar-refractivity contribution in [2.24, 2.45) is 4.99 Å². The summed E-state index contributed by atoms with van der Waals surface area (Å²) in [5.41, 5.74) is 10.4. The molecule has 128 valence electrons. The minimum Gasteiger partial charge on any atom is -0.494 e. The van der Waals surface area contributed by atoms with Crippen molar-refractivity contribution in [3.05, 3.63) is 41.1 Å². The minimum absolute atomic E-state index is 0.103. The van der Waals surface area contributed by atoms with E-state index in [4.69, 9.17) is 10.5 Å². The number of ether oxygens (including phenoxy) is 1. The lowest BCUT2D eigenvalue weighted by molar-refractivity contribution is -0.108. The maximum absolute atomic E-state index is 12.4. The first-order chi connectivity index (χ1) is 11.4. The number of likely N-dealkylation sites (N-methyl/N-ethyl adjacent to an activating group) is 1. The van der Waals surface area contributed by atoms with Gasteiger partial charge in [-0.3, -0.25) is 4.79 Å². The number of benzene rings is 1. The second kappa shape index (κ2) is 7.34. The van der Waals surface area contributed by atoms with Crippen LogP contribution in [-0.2, 0) is 4.79 Å². The van der Waals surface area contributed by atoms with Crippen LogP contribution in [0, 0.1) is 13.8 Å². The Morgan fingerprint density at radius 3 is 2.42 bits per heavy atom. The van der Waals surface area contributed by atoms with Crippen LogP contribution in [0.15, 0.2) is 35.0 Å². The smallest absolute Gasteiger partial charge is 0.206 e. The number of allylic oxidation sites excluding steroid dienone is 3. The van der Waals surface area contributed by atoms with Crippen molar-refractivity contribution in [3.63, 3.8) is 0 Å². The van der Waals surface area contributed by atoms with E-state index in [0.29, 0.717) is 22.8 Å². The van der Waals surface area contributed by atoms with Crippen molar-refractivity contribution in [2.45, 2.75) is 27.7 Å². The summed E-state index contributed by atoms with van der Waals surface area (Å²) in [6.45, 7) is 9.66. The van der Waals surface area contributed by atoms with Crippen LogP contribution in [0.5, 0.6) is 5.75 Å². The van der Waals surface area contributed by atoms with Crippen LogP contribution >= 0.6 is 0 Å². The van der Waals surface area contributed by atoms with Crippen LogP contribution in [0.4, 0.5) is 11.4 Å². The monoisotopic (exact) mass is 327 g/mol. The van der Waals surface area contributed by atoms with Crippen molar-refractivity contribution in [3.8, 4) is 5.75 Å². The molecule has 24 heavy (non-hydrogen) atoms. The van der Waals surface area contributed by atoms with Crippen LogP contribution in [0.25, 0.3) is 0 Å². The number of rotatable bonds is 5. The predicted octanol–water partition coefficient (Wildman–Crippen LogP) is 3.33. The first-order valence-corrected chi connectivity index (χ1v) is 8.14. The normalized spacial score (nSPS) is 15.6. The molecule has 0 bridgehead atoms. The molecule has 0 saturated carbocycles. The molecule has 0 unspecified atom stereocenters. The third-order valence-electron chi connectivity index (χ3n) is 4.27. The summed E-state index contributed by atoms with van der Waals surface area (Å²) in [4.78, 5) is 19.1. The van der Waals surface area contributed by atoms with Gasteiger partial charge in [0.25, 0.3) is 0 Å². The Labute approximate surface area is 143 Å². The SMILES string of the molecule is CCN(CC)C1=CC(=O)C(=Nc2cc(C)c(N)c(C)c2OC)C=C1. The topological polar surface area (TPSA) is 67.9 Å². The van der Waals surface area contributed by atoms with E-state index in [-0.39, 0.29) is 5.78 Å². The molecule has 0 amide bonds. The van der Waals surface area contributed by atoms with Crippen molar-refractivity contribution in [1.29, 1.82) is 0 Å². The summed E-state index contributed by atoms with van der Waals surface area (Å²) in [7, 11) is 1.58. The molecule has 0 radical (unpaired) electrons. The average molecular weight is 327 g/mol. The Balaban J connectivity index is 2.42. The molecule has 0 aliphatic heterocycles. The summed E-state index contributed by atoms with van der Waals surface area (Å²) in [6, 6.07) is 1.85. The highest BCUT2D eigenvalue weighted by Crippen LogP contribution is 2.37. The molecule has 5 heteroatoms. The van der Waals surface area contributed by atoms with Crippen molar-refractivity contribution in [1.82, 2.24) is 4.90 Å². The highest BCUT2D eigenvalue weighted by atomic mass is 16.5. The molecule has 1 aromatic carbocycles. The lowest BCUT2D eigenvalue weighted by atomic mass is 10.0. The number of anilines is 1. The van der Waals surface area contributed by atoms with E-state index in [1.165, 1.54) is 0 Å². The number of nitrogen functional groups attached to an aromatic ring is 1. The average Bonchev–Trinajstić information content (AvgIpc) is 2.56. The zero-order chi connectivity index (χ0) is 17.9. The summed E-state index contributed by atoms with van der Waals surface area (Å²) < 4.78 is 5.44. The second-order valence-electron chi connectivity index (χ2n) is 5.72. The van der Waals surface area contributed by atoms with Gasteiger partial charge in [-0.15, -0.1) is 0 Å². The Hall–Kier alpha value is -2.56. The molecule has 0 fully saturated rings. The number of ketones is 1. The quantitative estimate of drug-likeness (QED) is 0.665. The van der Waals surface area contributed by atoms with Crippen molar-refractivity contribution >= 4 is 22.9 Å². The molecular weight excluding hydrogens is 302 g/mol. The van der Waals surface area contributed by atoms with Gasteiger partial charge in [0.1, 0.15) is 17.1 Å². The largest absolute Gasteiger partial charge is 0.494 e. The van der Waals surface area contributed by atoms with E-state index < -0.39 is 0 Å². The van der Waals surface area contributed by atoms with Crippen molar-refractivity contribution < 1.29 is 9.53 Å². The maximum Gasteiger partial charge on any atom is 0.206 e. The predicted molar refractivity (Wildman–Crippen MR) is 99.1 cm³/mol. The first kappa shape index (κ1) is 17.8. The van der Waals surface area contributed by atoms with E-state index >= 15 is 0 Å². The molecule has 2 rings (SSSR count). The summed E-state index contributed by atoms with van der Waals surface area (Å²) in [5.74, 6) is 0.499. The van der Waals surface area contributed by atoms with Gasteiger partial charge in [-0.05, 0) is 51.5 Å². The number of aliphatic imine (C=N–C) groups is 1. The summed E-state index contributed by atoms with van der Waals surface area (Å²) in [5, 5.41) is 0. The van der Waals surface area contributed by atoms with Gasteiger partial charge in [-0.25, -0.2) is 4.99 Å².